The van der Waals surface area contributed by atoms with Crippen molar-refractivity contribution in [3.63, 3.8) is 0 Å². The van der Waals surface area contributed by atoms with Crippen molar-refractivity contribution in [2.24, 2.45) is 50.7 Å². The van der Waals surface area contributed by atoms with E-state index in [9.17, 15) is 25.5 Å². The van der Waals surface area contributed by atoms with E-state index in [1.54, 1.807) is 13.8 Å². The molecule has 3 aliphatic heterocycles. The van der Waals surface area contributed by atoms with Crippen LogP contribution < -0.4 is 0 Å². The van der Waals surface area contributed by atoms with Gasteiger partial charge in [-0.1, -0.05) is 34.6 Å². The van der Waals surface area contributed by atoms with Crippen LogP contribution in [0.5, 0.6) is 0 Å². The monoisotopic (exact) mass is 620 g/mol. The molecule has 17 atom stereocenters. The second kappa shape index (κ2) is 9.00. The standard InChI is InChI=1S/C35H56O9/c1-17-14-19-26(30(4,5)40)44-35(43-19)25(17)31(6)12-13-34-16-33(34)11-10-22(42-27-24(38)23(37)18(36)15-41-27)29(2,3)20(33)8-9-21(34)32(31,7)28(35)39/h17-28,36-40H,8-16H2,1-7H3/t17-,18+,19-,20?,21?,22-,23+,24-,25-,26+,27+,28+,31-,32-,33-,34?,35-/m1/s1. The summed E-state index contributed by atoms with van der Waals surface area (Å²) in [6.07, 6.45) is 2.00. The van der Waals surface area contributed by atoms with Crippen molar-refractivity contribution < 1.29 is 44.5 Å². The molecule has 5 N–H and O–H groups in total. The fourth-order valence-corrected chi connectivity index (χ4v) is 14.0. The van der Waals surface area contributed by atoms with E-state index in [1.807, 2.05) is 0 Å². The fourth-order valence-electron chi connectivity index (χ4n) is 14.0. The lowest BCUT2D eigenvalue weighted by Crippen LogP contribution is -2.61. The van der Waals surface area contributed by atoms with Crippen LogP contribution in [0.4, 0.5) is 0 Å². The molecule has 3 heterocycles. The molecule has 5 aliphatic carbocycles. The zero-order chi connectivity index (χ0) is 31.6. The quantitative estimate of drug-likeness (QED) is 0.301. The number of fused-ring (bicyclic) bond motifs is 4. The van der Waals surface area contributed by atoms with Gasteiger partial charge in [-0.3, -0.25) is 0 Å². The highest BCUT2D eigenvalue weighted by molar-refractivity contribution is 5.34. The fraction of sp³-hybridized carbons (Fsp3) is 1.00. The Balaban J connectivity index is 1.10. The molecule has 2 bridgehead atoms. The van der Waals surface area contributed by atoms with Gasteiger partial charge in [0.2, 0.25) is 0 Å². The summed E-state index contributed by atoms with van der Waals surface area (Å²) in [5, 5.41) is 54.5. The first-order valence-corrected chi connectivity index (χ1v) is 17.5. The number of ether oxygens (including phenoxy) is 4. The van der Waals surface area contributed by atoms with E-state index in [0.29, 0.717) is 17.8 Å². The molecule has 8 fully saturated rings. The molecule has 8 rings (SSSR count). The minimum absolute atomic E-state index is 0.0559. The van der Waals surface area contributed by atoms with Gasteiger partial charge in [0.05, 0.1) is 24.4 Å². The summed E-state index contributed by atoms with van der Waals surface area (Å²) in [5.74, 6) is 0.108. The Morgan fingerprint density at radius 1 is 0.841 bits per heavy atom. The van der Waals surface area contributed by atoms with Crippen LogP contribution in [0.25, 0.3) is 0 Å². The van der Waals surface area contributed by atoms with Gasteiger partial charge in [0, 0.05) is 11.3 Å². The second-order valence-electron chi connectivity index (χ2n) is 18.3. The predicted molar refractivity (Wildman–Crippen MR) is 159 cm³/mol. The molecule has 9 nitrogen and oxygen atoms in total. The summed E-state index contributed by atoms with van der Waals surface area (Å²) < 4.78 is 25.8. The molecule has 0 aromatic heterocycles. The highest BCUT2D eigenvalue weighted by atomic mass is 16.8. The SMILES string of the molecule is C[C@@H]1C[C@H]2O[C@]3(O[C@@H]2C(C)(C)O)[C@@H](O)[C@@]2(C)C4CCC5C(C)(C)[C@H](O[C@@H]6OC[C@H](O)[C@H](O)[C@H]6O)CC[C@@]56CC46CC[C@]2(C)[C@@H]13. The van der Waals surface area contributed by atoms with Gasteiger partial charge < -0.3 is 44.5 Å². The van der Waals surface area contributed by atoms with Crippen LogP contribution in [0.15, 0.2) is 0 Å². The van der Waals surface area contributed by atoms with Gasteiger partial charge in [-0.15, -0.1) is 0 Å². The smallest absolute Gasteiger partial charge is 0.199 e. The van der Waals surface area contributed by atoms with E-state index < -0.39 is 48.2 Å². The van der Waals surface area contributed by atoms with Crippen LogP contribution >= 0.6 is 0 Å². The summed E-state index contributed by atoms with van der Waals surface area (Å²) in [4.78, 5) is 0. The zero-order valence-corrected chi connectivity index (χ0v) is 27.7. The van der Waals surface area contributed by atoms with E-state index in [0.717, 1.165) is 44.9 Å². The van der Waals surface area contributed by atoms with Gasteiger partial charge in [0.1, 0.15) is 30.5 Å². The third kappa shape index (κ3) is 3.38. The van der Waals surface area contributed by atoms with Crippen LogP contribution in [-0.4, -0.2) is 92.5 Å². The first kappa shape index (κ1) is 30.9. The number of rotatable bonds is 3. The highest BCUT2D eigenvalue weighted by Gasteiger charge is 2.88. The van der Waals surface area contributed by atoms with E-state index in [1.165, 1.54) is 6.42 Å². The molecule has 3 unspecified atom stereocenters. The maximum Gasteiger partial charge on any atom is 0.199 e. The van der Waals surface area contributed by atoms with E-state index in [2.05, 4.69) is 34.6 Å². The average molecular weight is 621 g/mol. The molecule has 0 aromatic carbocycles. The molecule has 44 heavy (non-hydrogen) atoms. The maximum atomic E-state index is 12.7. The molecule has 0 aromatic rings. The van der Waals surface area contributed by atoms with Crippen molar-refractivity contribution in [3.8, 4) is 0 Å². The molecule has 8 aliphatic rings. The van der Waals surface area contributed by atoms with Crippen LogP contribution in [0.3, 0.4) is 0 Å². The summed E-state index contributed by atoms with van der Waals surface area (Å²) in [5.41, 5.74) is -1.39. The minimum atomic E-state index is -1.28. The molecule has 5 saturated carbocycles. The van der Waals surface area contributed by atoms with Crippen LogP contribution in [-0.2, 0) is 18.9 Å². The minimum Gasteiger partial charge on any atom is -0.388 e. The maximum absolute atomic E-state index is 12.7. The number of aliphatic hydroxyl groups excluding tert-OH is 4. The van der Waals surface area contributed by atoms with Gasteiger partial charge in [-0.25, -0.2) is 0 Å². The van der Waals surface area contributed by atoms with Crippen LogP contribution in [0.1, 0.15) is 99.8 Å². The van der Waals surface area contributed by atoms with Gasteiger partial charge in [-0.2, -0.15) is 0 Å². The third-order valence-electron chi connectivity index (χ3n) is 15.9. The van der Waals surface area contributed by atoms with E-state index in [4.69, 9.17) is 18.9 Å². The molecule has 3 saturated heterocycles. The Labute approximate surface area is 262 Å². The largest absolute Gasteiger partial charge is 0.388 e. The van der Waals surface area contributed by atoms with Crippen molar-refractivity contribution in [3.05, 3.63) is 0 Å². The Kier molecular flexibility index (Phi) is 6.33. The Morgan fingerprint density at radius 2 is 1.52 bits per heavy atom. The van der Waals surface area contributed by atoms with Crippen molar-refractivity contribution in [2.45, 2.75) is 160 Å². The predicted octanol–water partition coefficient (Wildman–Crippen LogP) is 3.12. The number of aliphatic hydroxyl groups is 5. The third-order valence-corrected chi connectivity index (χ3v) is 15.9. The van der Waals surface area contributed by atoms with Crippen LogP contribution in [0, 0.1) is 50.7 Å². The molecule has 250 valence electrons. The summed E-state index contributed by atoms with van der Waals surface area (Å²) >= 11 is 0. The lowest BCUT2D eigenvalue weighted by Gasteiger charge is -2.63. The second-order valence-corrected chi connectivity index (χ2v) is 18.3. The normalized spacial score (nSPS) is 62.2. The average Bonchev–Trinajstić information content (AvgIpc) is 3.45. The van der Waals surface area contributed by atoms with Gasteiger partial charge >= 0.3 is 0 Å². The van der Waals surface area contributed by atoms with Gasteiger partial charge in [-0.05, 0) is 105 Å². The lowest BCUT2D eigenvalue weighted by atomic mass is 9.41. The molecule has 9 heteroatoms. The number of hydrogen-bond acceptors (Lipinski definition) is 9. The number of hydrogen-bond donors (Lipinski definition) is 5. The Hall–Kier alpha value is -0.360. The van der Waals surface area contributed by atoms with Crippen molar-refractivity contribution in [1.82, 2.24) is 0 Å². The van der Waals surface area contributed by atoms with Gasteiger partial charge in [0.25, 0.3) is 0 Å². The Bertz CT molecular complexity index is 1200. The van der Waals surface area contributed by atoms with Crippen molar-refractivity contribution in [1.29, 1.82) is 0 Å². The lowest BCUT2D eigenvalue weighted by molar-refractivity contribution is -0.303. The first-order chi connectivity index (χ1) is 20.4. The molecule has 0 amide bonds. The molecular weight excluding hydrogens is 564 g/mol. The summed E-state index contributed by atoms with van der Waals surface area (Å²) in [6, 6.07) is 0. The van der Waals surface area contributed by atoms with E-state index in [-0.39, 0.29) is 51.8 Å². The van der Waals surface area contributed by atoms with Crippen LogP contribution in [0.2, 0.25) is 0 Å². The van der Waals surface area contributed by atoms with Crippen molar-refractivity contribution >= 4 is 0 Å². The summed E-state index contributed by atoms with van der Waals surface area (Å²) in [6.45, 7) is 15.2. The molecule has 3 spiro atoms. The molecular formula is C35H56O9. The van der Waals surface area contributed by atoms with Gasteiger partial charge in [0.15, 0.2) is 12.1 Å². The first-order valence-electron chi connectivity index (χ1n) is 17.5. The topological polar surface area (TPSA) is 138 Å². The Morgan fingerprint density at radius 3 is 2.23 bits per heavy atom. The zero-order valence-electron chi connectivity index (χ0n) is 27.7. The highest BCUT2D eigenvalue weighted by Crippen LogP contribution is 2.90. The summed E-state index contributed by atoms with van der Waals surface area (Å²) in [7, 11) is 0. The van der Waals surface area contributed by atoms with E-state index >= 15 is 0 Å². The van der Waals surface area contributed by atoms with Crippen molar-refractivity contribution in [2.75, 3.05) is 6.61 Å². The molecule has 0 radical (unpaired) electrons.